The molecule has 1 aromatic heterocycles. The maximum absolute atomic E-state index is 11.3. The van der Waals surface area contributed by atoms with E-state index in [1.54, 1.807) is 17.8 Å². The van der Waals surface area contributed by atoms with Gasteiger partial charge in [-0.1, -0.05) is 17.7 Å². The van der Waals surface area contributed by atoms with Crippen LogP contribution in [0.4, 0.5) is 0 Å². The molecule has 18 heavy (non-hydrogen) atoms. The number of rotatable bonds is 4. The molecule has 6 heteroatoms. The van der Waals surface area contributed by atoms with E-state index in [9.17, 15) is 4.79 Å². The Balaban J connectivity index is 1.98. The minimum Gasteiger partial charge on any atom is -0.289 e. The molecule has 1 heterocycles. The Morgan fingerprint density at radius 2 is 2.22 bits per heavy atom. The smallest absolute Gasteiger partial charge is 0.275 e. The van der Waals surface area contributed by atoms with E-state index in [0.29, 0.717) is 4.88 Å². The van der Waals surface area contributed by atoms with E-state index in [4.69, 9.17) is 17.4 Å². The monoisotopic (exact) mass is 298 g/mol. The van der Waals surface area contributed by atoms with Gasteiger partial charge < -0.3 is 0 Å². The van der Waals surface area contributed by atoms with Crippen molar-refractivity contribution in [2.45, 2.75) is 10.6 Å². The number of carbonyl (C=O) groups is 1. The predicted octanol–water partition coefficient (Wildman–Crippen LogP) is 3.30. The average Bonchev–Trinajstić information content (AvgIpc) is 2.84. The van der Waals surface area contributed by atoms with Crippen LogP contribution in [0, 0.1) is 0 Å². The SMILES string of the molecule is NNC(=O)c1ccc(CSc2cccc(Cl)c2)s1. The lowest BCUT2D eigenvalue weighted by molar-refractivity contribution is 0.0957. The lowest BCUT2D eigenvalue weighted by Crippen LogP contribution is -2.29. The topological polar surface area (TPSA) is 55.1 Å². The van der Waals surface area contributed by atoms with E-state index in [-0.39, 0.29) is 5.91 Å². The van der Waals surface area contributed by atoms with Gasteiger partial charge in [-0.25, -0.2) is 5.84 Å². The second kappa shape index (κ2) is 6.24. The molecular formula is C12H11ClN2OS2. The van der Waals surface area contributed by atoms with E-state index in [2.05, 4.69) is 5.43 Å². The van der Waals surface area contributed by atoms with Crippen molar-refractivity contribution in [1.82, 2.24) is 5.43 Å². The Morgan fingerprint density at radius 1 is 1.39 bits per heavy atom. The quantitative estimate of drug-likeness (QED) is 0.394. The first-order valence-electron chi connectivity index (χ1n) is 5.17. The van der Waals surface area contributed by atoms with Crippen molar-refractivity contribution < 1.29 is 4.79 Å². The highest BCUT2D eigenvalue weighted by molar-refractivity contribution is 7.98. The van der Waals surface area contributed by atoms with Gasteiger partial charge in [-0.15, -0.1) is 23.1 Å². The molecule has 0 aliphatic carbocycles. The second-order valence-corrected chi connectivity index (χ2v) is 6.14. The Labute approximate surface area is 118 Å². The fourth-order valence-electron chi connectivity index (χ4n) is 1.36. The minimum atomic E-state index is -0.251. The maximum atomic E-state index is 11.3. The normalized spacial score (nSPS) is 10.3. The number of thiophene rings is 1. The van der Waals surface area contributed by atoms with Crippen molar-refractivity contribution in [3.63, 3.8) is 0 Å². The molecule has 0 aliphatic heterocycles. The van der Waals surface area contributed by atoms with Crippen molar-refractivity contribution >= 4 is 40.6 Å². The fourth-order valence-corrected chi connectivity index (χ4v) is 3.52. The third-order valence-electron chi connectivity index (χ3n) is 2.19. The number of thioether (sulfide) groups is 1. The standard InChI is InChI=1S/C12H11ClN2OS2/c13-8-2-1-3-9(6-8)17-7-10-4-5-11(18-10)12(16)15-14/h1-6H,7,14H2,(H,15,16). The summed E-state index contributed by atoms with van der Waals surface area (Å²) < 4.78 is 0. The van der Waals surface area contributed by atoms with Crippen LogP contribution in [0.3, 0.4) is 0 Å². The fraction of sp³-hybridized carbons (Fsp3) is 0.0833. The molecule has 2 rings (SSSR count). The molecule has 1 aromatic carbocycles. The summed E-state index contributed by atoms with van der Waals surface area (Å²) in [5.41, 5.74) is 2.12. The van der Waals surface area contributed by atoms with Crippen molar-refractivity contribution in [1.29, 1.82) is 0 Å². The minimum absolute atomic E-state index is 0.251. The molecule has 3 N–H and O–H groups in total. The highest BCUT2D eigenvalue weighted by Gasteiger charge is 2.07. The number of hydrogen-bond donors (Lipinski definition) is 2. The Hall–Kier alpha value is -1.01. The summed E-state index contributed by atoms with van der Waals surface area (Å²) in [5.74, 6) is 5.64. The van der Waals surface area contributed by atoms with Gasteiger partial charge in [-0.05, 0) is 30.3 Å². The zero-order valence-corrected chi connectivity index (χ0v) is 11.7. The summed E-state index contributed by atoms with van der Waals surface area (Å²) in [6.07, 6.45) is 0. The summed E-state index contributed by atoms with van der Waals surface area (Å²) in [5, 5.41) is 0.731. The lowest BCUT2D eigenvalue weighted by atomic mass is 10.4. The Morgan fingerprint density at radius 3 is 2.94 bits per heavy atom. The van der Waals surface area contributed by atoms with Crippen molar-refractivity contribution in [2.75, 3.05) is 0 Å². The van der Waals surface area contributed by atoms with Crippen LogP contribution in [0.1, 0.15) is 14.5 Å². The molecular weight excluding hydrogens is 288 g/mol. The van der Waals surface area contributed by atoms with Crippen LogP contribution in [0.2, 0.25) is 5.02 Å². The highest BCUT2D eigenvalue weighted by Crippen LogP contribution is 2.28. The van der Waals surface area contributed by atoms with Gasteiger partial charge in [-0.3, -0.25) is 10.2 Å². The molecule has 0 unspecified atom stereocenters. The Kier molecular flexibility index (Phi) is 4.66. The summed E-state index contributed by atoms with van der Waals surface area (Å²) in [4.78, 5) is 14.2. The van der Waals surface area contributed by atoms with Crippen LogP contribution in [-0.2, 0) is 5.75 Å². The number of halogens is 1. The van der Waals surface area contributed by atoms with Gasteiger partial charge in [0.2, 0.25) is 0 Å². The zero-order chi connectivity index (χ0) is 13.0. The summed E-state index contributed by atoms with van der Waals surface area (Å²) in [6, 6.07) is 11.4. The number of carbonyl (C=O) groups excluding carboxylic acids is 1. The largest absolute Gasteiger partial charge is 0.289 e. The molecule has 0 fully saturated rings. The second-order valence-electron chi connectivity index (χ2n) is 3.49. The van der Waals surface area contributed by atoms with Gasteiger partial charge >= 0.3 is 0 Å². The van der Waals surface area contributed by atoms with Gasteiger partial charge in [0.15, 0.2) is 0 Å². The molecule has 3 nitrogen and oxygen atoms in total. The van der Waals surface area contributed by atoms with Gasteiger partial charge in [0.25, 0.3) is 5.91 Å². The van der Waals surface area contributed by atoms with Crippen molar-refractivity contribution in [3.8, 4) is 0 Å². The lowest BCUT2D eigenvalue weighted by Gasteiger charge is -2.00. The summed E-state index contributed by atoms with van der Waals surface area (Å²) >= 11 is 9.04. The summed E-state index contributed by atoms with van der Waals surface area (Å²) in [6.45, 7) is 0. The molecule has 2 aromatic rings. The molecule has 0 bridgehead atoms. The molecule has 0 radical (unpaired) electrons. The molecule has 0 spiro atoms. The molecule has 1 amide bonds. The molecule has 94 valence electrons. The average molecular weight is 299 g/mol. The van der Waals surface area contributed by atoms with Crippen molar-refractivity contribution in [2.24, 2.45) is 5.84 Å². The molecule has 0 aliphatic rings. The first-order chi connectivity index (χ1) is 8.69. The number of nitrogen functional groups attached to an aromatic ring is 1. The van der Waals surface area contributed by atoms with Crippen LogP contribution in [0.15, 0.2) is 41.3 Å². The Bertz CT molecular complexity index is 557. The van der Waals surface area contributed by atoms with E-state index in [1.807, 2.05) is 30.3 Å². The third kappa shape index (κ3) is 3.49. The van der Waals surface area contributed by atoms with E-state index >= 15 is 0 Å². The van der Waals surface area contributed by atoms with Crippen molar-refractivity contribution in [3.05, 3.63) is 51.2 Å². The number of hydrazine groups is 1. The zero-order valence-electron chi connectivity index (χ0n) is 9.35. The number of amides is 1. The van der Waals surface area contributed by atoms with Crippen LogP contribution in [0.5, 0.6) is 0 Å². The first-order valence-corrected chi connectivity index (χ1v) is 7.35. The van der Waals surface area contributed by atoms with E-state index in [1.165, 1.54) is 11.3 Å². The maximum Gasteiger partial charge on any atom is 0.275 e. The van der Waals surface area contributed by atoms with Gasteiger partial charge in [-0.2, -0.15) is 0 Å². The number of hydrogen-bond acceptors (Lipinski definition) is 4. The van der Waals surface area contributed by atoms with E-state index in [0.717, 1.165) is 20.5 Å². The molecule has 0 saturated heterocycles. The van der Waals surface area contributed by atoms with Crippen LogP contribution in [0.25, 0.3) is 0 Å². The molecule has 0 saturated carbocycles. The van der Waals surface area contributed by atoms with E-state index < -0.39 is 0 Å². The predicted molar refractivity (Wildman–Crippen MR) is 77.0 cm³/mol. The van der Waals surface area contributed by atoms with Crippen LogP contribution in [-0.4, -0.2) is 5.91 Å². The van der Waals surface area contributed by atoms with Crippen LogP contribution >= 0.6 is 34.7 Å². The van der Waals surface area contributed by atoms with Crippen LogP contribution < -0.4 is 11.3 Å². The number of nitrogens with one attached hydrogen (secondary N) is 1. The number of nitrogens with two attached hydrogens (primary N) is 1. The third-order valence-corrected chi connectivity index (χ3v) is 4.74. The van der Waals surface area contributed by atoms with Gasteiger partial charge in [0.05, 0.1) is 4.88 Å². The summed E-state index contributed by atoms with van der Waals surface area (Å²) in [7, 11) is 0. The van der Waals surface area contributed by atoms with Gasteiger partial charge in [0.1, 0.15) is 0 Å². The first kappa shape index (κ1) is 13.4. The van der Waals surface area contributed by atoms with Gasteiger partial charge in [0, 0.05) is 20.5 Å². The highest BCUT2D eigenvalue weighted by atomic mass is 35.5. The number of benzene rings is 1. The molecule has 0 atom stereocenters.